The number of hydrogen-bond donors (Lipinski definition) is 0. The Morgan fingerprint density at radius 3 is 1.65 bits per heavy atom. The quantitative estimate of drug-likeness (QED) is 0.165. The highest BCUT2D eigenvalue weighted by Gasteiger charge is 2.48. The Morgan fingerprint density at radius 2 is 1.00 bits per heavy atom. The van der Waals surface area contributed by atoms with Crippen molar-refractivity contribution in [1.82, 2.24) is 4.57 Å². The summed E-state index contributed by atoms with van der Waals surface area (Å²) in [6.45, 7) is 2.43. The Morgan fingerprint density at radius 1 is 0.474 bits per heavy atom. The molecule has 0 saturated heterocycles. The second-order valence-electron chi connectivity index (χ2n) is 15.9. The Hall–Kier alpha value is -6.90. The van der Waals surface area contributed by atoms with Crippen LogP contribution in [0.5, 0.6) is 0 Å². The third kappa shape index (κ3) is 5.55. The molecule has 2 nitrogen and oxygen atoms in total. The zero-order valence-corrected chi connectivity index (χ0v) is 32.0. The fourth-order valence-electron chi connectivity index (χ4n) is 9.66. The number of para-hydroxylation sites is 1. The number of aromatic nitrogens is 1. The third-order valence-electron chi connectivity index (χ3n) is 12.6. The van der Waals surface area contributed by atoms with E-state index in [0.717, 1.165) is 12.8 Å². The van der Waals surface area contributed by atoms with Crippen LogP contribution in [0.1, 0.15) is 25.3 Å². The van der Waals surface area contributed by atoms with Gasteiger partial charge < -0.3 is 9.47 Å². The molecule has 2 heterocycles. The molecule has 0 amide bonds. The molecule has 7 aromatic carbocycles. The van der Waals surface area contributed by atoms with Crippen LogP contribution in [-0.2, 0) is 0 Å². The molecule has 2 atom stereocenters. The lowest BCUT2D eigenvalue weighted by Gasteiger charge is -2.36. The fourth-order valence-corrected chi connectivity index (χ4v) is 9.66. The van der Waals surface area contributed by atoms with E-state index in [1.165, 1.54) is 89.0 Å². The van der Waals surface area contributed by atoms with Gasteiger partial charge in [-0.3, -0.25) is 0 Å². The minimum absolute atomic E-state index is 0.117. The number of benzene rings is 7. The predicted molar refractivity (Wildman–Crippen MR) is 240 cm³/mol. The zero-order chi connectivity index (χ0) is 37.9. The first kappa shape index (κ1) is 33.4. The summed E-state index contributed by atoms with van der Waals surface area (Å²) >= 11 is 0. The van der Waals surface area contributed by atoms with Gasteiger partial charge in [-0.15, -0.1) is 0 Å². The Bertz CT molecular complexity index is 2920. The van der Waals surface area contributed by atoms with Crippen molar-refractivity contribution >= 4 is 33.1 Å². The van der Waals surface area contributed by atoms with Crippen LogP contribution in [0.2, 0.25) is 0 Å². The molecule has 0 fully saturated rings. The second-order valence-corrected chi connectivity index (χ2v) is 15.9. The predicted octanol–water partition coefficient (Wildman–Crippen LogP) is 14.2. The van der Waals surface area contributed by atoms with E-state index in [1.54, 1.807) is 0 Å². The summed E-state index contributed by atoms with van der Waals surface area (Å²) in [6, 6.07) is 64.6. The average Bonchev–Trinajstić information content (AvgIpc) is 3.75. The van der Waals surface area contributed by atoms with Crippen molar-refractivity contribution in [2.24, 2.45) is 5.41 Å². The molecule has 1 aromatic heterocycles. The van der Waals surface area contributed by atoms with Gasteiger partial charge in [0.1, 0.15) is 0 Å². The van der Waals surface area contributed by atoms with Crippen LogP contribution in [0, 0.1) is 5.41 Å². The van der Waals surface area contributed by atoms with Crippen LogP contribution in [0.15, 0.2) is 218 Å². The Labute approximate surface area is 334 Å². The summed E-state index contributed by atoms with van der Waals surface area (Å²) < 4.78 is 2.42. The molecule has 2 heteroatoms. The van der Waals surface area contributed by atoms with Crippen molar-refractivity contribution in [2.45, 2.75) is 25.8 Å². The van der Waals surface area contributed by atoms with Gasteiger partial charge in [-0.25, -0.2) is 0 Å². The highest BCUT2D eigenvalue weighted by atomic mass is 15.2. The minimum Gasteiger partial charge on any atom is -0.337 e. The SMILES string of the molecule is CC12C=CC=CC1N(c1ccc(-c3ccc(-c4ccccc4)cc3)cc1)C1=C2C=C(c2ccc3c(c2)c2ccccc2n3-c2ccc(-c3ccccc3)cc2)CC1. The molecule has 3 aliphatic rings. The Kier molecular flexibility index (Phi) is 7.86. The van der Waals surface area contributed by atoms with E-state index >= 15 is 0 Å². The first-order valence-corrected chi connectivity index (χ1v) is 20.2. The van der Waals surface area contributed by atoms with Crippen LogP contribution < -0.4 is 4.90 Å². The van der Waals surface area contributed by atoms with Gasteiger partial charge in [-0.2, -0.15) is 0 Å². The van der Waals surface area contributed by atoms with Crippen LogP contribution in [0.25, 0.3) is 66.4 Å². The van der Waals surface area contributed by atoms with Crippen LogP contribution in [0.4, 0.5) is 5.69 Å². The van der Waals surface area contributed by atoms with E-state index in [1.807, 2.05) is 0 Å². The van der Waals surface area contributed by atoms with Crippen LogP contribution in [-0.4, -0.2) is 10.6 Å². The highest BCUT2D eigenvalue weighted by molar-refractivity contribution is 6.10. The lowest BCUT2D eigenvalue weighted by atomic mass is 9.73. The molecule has 57 heavy (non-hydrogen) atoms. The molecular weight excluding hydrogens is 689 g/mol. The van der Waals surface area contributed by atoms with Crippen molar-refractivity contribution in [3.63, 3.8) is 0 Å². The maximum atomic E-state index is 2.62. The summed E-state index contributed by atoms with van der Waals surface area (Å²) in [5.41, 5.74) is 17.8. The molecule has 0 bridgehead atoms. The van der Waals surface area contributed by atoms with E-state index in [4.69, 9.17) is 0 Å². The number of rotatable bonds is 6. The molecule has 2 unspecified atom stereocenters. The first-order valence-electron chi connectivity index (χ1n) is 20.2. The van der Waals surface area contributed by atoms with Crippen molar-refractivity contribution in [2.75, 3.05) is 4.90 Å². The van der Waals surface area contributed by atoms with Gasteiger partial charge in [-0.05, 0) is 112 Å². The molecule has 0 spiro atoms. The number of fused-ring (bicyclic) bond motifs is 5. The average molecular weight is 731 g/mol. The van der Waals surface area contributed by atoms with E-state index < -0.39 is 0 Å². The van der Waals surface area contributed by atoms with Gasteiger partial charge in [0.25, 0.3) is 0 Å². The summed E-state index contributed by atoms with van der Waals surface area (Å²) in [5.74, 6) is 0. The van der Waals surface area contributed by atoms with Gasteiger partial charge >= 0.3 is 0 Å². The summed E-state index contributed by atoms with van der Waals surface area (Å²) in [6.07, 6.45) is 13.8. The lowest BCUT2D eigenvalue weighted by molar-refractivity contribution is 0.484. The number of anilines is 1. The monoisotopic (exact) mass is 730 g/mol. The molecule has 11 rings (SSSR count). The minimum atomic E-state index is -0.117. The molecule has 0 N–H and O–H groups in total. The molecule has 0 radical (unpaired) electrons. The smallest absolute Gasteiger partial charge is 0.0651 e. The number of nitrogens with zero attached hydrogens (tertiary/aromatic N) is 2. The van der Waals surface area contributed by atoms with Crippen LogP contribution >= 0.6 is 0 Å². The first-order chi connectivity index (χ1) is 28.1. The second kappa shape index (κ2) is 13.4. The third-order valence-corrected chi connectivity index (χ3v) is 12.6. The van der Waals surface area contributed by atoms with Crippen molar-refractivity contribution in [1.29, 1.82) is 0 Å². The largest absolute Gasteiger partial charge is 0.337 e. The van der Waals surface area contributed by atoms with Gasteiger partial charge in [0, 0.05) is 33.3 Å². The molecule has 8 aromatic rings. The van der Waals surface area contributed by atoms with Gasteiger partial charge in [0.05, 0.1) is 17.1 Å². The normalized spacial score (nSPS) is 18.6. The Balaban J connectivity index is 0.936. The summed E-state index contributed by atoms with van der Waals surface area (Å²) in [5, 5.41) is 2.58. The molecule has 0 saturated carbocycles. The topological polar surface area (TPSA) is 8.17 Å². The van der Waals surface area contributed by atoms with E-state index in [2.05, 4.69) is 223 Å². The van der Waals surface area contributed by atoms with Crippen molar-refractivity contribution < 1.29 is 0 Å². The van der Waals surface area contributed by atoms with Crippen LogP contribution in [0.3, 0.4) is 0 Å². The maximum Gasteiger partial charge on any atom is 0.0651 e. The zero-order valence-electron chi connectivity index (χ0n) is 32.0. The summed E-state index contributed by atoms with van der Waals surface area (Å²) in [7, 11) is 0. The number of hydrogen-bond acceptors (Lipinski definition) is 1. The molecule has 272 valence electrons. The molecule has 1 aliphatic heterocycles. The van der Waals surface area contributed by atoms with Crippen molar-refractivity contribution in [3.05, 3.63) is 223 Å². The van der Waals surface area contributed by atoms with E-state index in [0.29, 0.717) is 0 Å². The number of allylic oxidation sites excluding steroid dienone is 5. The fraction of sp³-hybridized carbons (Fsp3) is 0.0909. The van der Waals surface area contributed by atoms with Gasteiger partial charge in [0.2, 0.25) is 0 Å². The van der Waals surface area contributed by atoms with Gasteiger partial charge in [0.15, 0.2) is 0 Å². The van der Waals surface area contributed by atoms with E-state index in [9.17, 15) is 0 Å². The molecular formula is C55H42N2. The molecule has 2 aliphatic carbocycles. The van der Waals surface area contributed by atoms with Gasteiger partial charge in [-0.1, -0.05) is 164 Å². The van der Waals surface area contributed by atoms with Crippen molar-refractivity contribution in [3.8, 4) is 39.1 Å². The lowest BCUT2D eigenvalue weighted by Crippen LogP contribution is -2.38. The highest BCUT2D eigenvalue weighted by Crippen LogP contribution is 2.54. The van der Waals surface area contributed by atoms with E-state index in [-0.39, 0.29) is 11.5 Å². The standard InChI is InChI=1S/C55H42N2/c1-55-35-11-10-18-54(55)57(47-31-25-43(26-32-47)41-21-19-40(20-22-41)38-12-4-2-5-13-38)53-34-28-45(37-50(53)55)44-27-33-52-49(36-44)48-16-8-9-17-51(48)56(52)46-29-23-42(24-30-46)39-14-6-3-7-15-39/h2-27,29-33,35-37,54H,28,34H2,1H3. The summed E-state index contributed by atoms with van der Waals surface area (Å²) in [4.78, 5) is 2.62. The maximum absolute atomic E-state index is 2.62.